The van der Waals surface area contributed by atoms with Gasteiger partial charge in [-0.05, 0) is 43.0 Å². The summed E-state index contributed by atoms with van der Waals surface area (Å²) in [6.07, 6.45) is 0.465. The Kier molecular flexibility index (Phi) is 7.69. The third-order valence-electron chi connectivity index (χ3n) is 4.11. The molecule has 2 aromatic rings. The Bertz CT molecular complexity index is 801. The second-order valence-electron chi connectivity index (χ2n) is 6.78. The number of esters is 1. The Balaban J connectivity index is 2.09. The first kappa shape index (κ1) is 21.3. The maximum absolute atomic E-state index is 12.6. The minimum atomic E-state index is -0.752. The molecule has 0 bridgehead atoms. The van der Waals surface area contributed by atoms with E-state index >= 15 is 0 Å². The average molecular weight is 408 g/mol. The summed E-state index contributed by atoms with van der Waals surface area (Å²) >= 11 is 12.2. The van der Waals surface area contributed by atoms with Crippen LogP contribution in [-0.2, 0) is 16.1 Å². The van der Waals surface area contributed by atoms with Crippen molar-refractivity contribution in [3.63, 3.8) is 0 Å². The van der Waals surface area contributed by atoms with E-state index in [0.29, 0.717) is 27.6 Å². The van der Waals surface area contributed by atoms with Crippen molar-refractivity contribution < 1.29 is 14.3 Å². The van der Waals surface area contributed by atoms with E-state index in [1.165, 1.54) is 0 Å². The molecular formula is C21H23Cl2NO3. The molecule has 2 rings (SSSR count). The zero-order valence-electron chi connectivity index (χ0n) is 15.6. The zero-order valence-corrected chi connectivity index (χ0v) is 17.1. The molecule has 27 heavy (non-hydrogen) atoms. The summed E-state index contributed by atoms with van der Waals surface area (Å²) in [7, 11) is 0. The summed E-state index contributed by atoms with van der Waals surface area (Å²) < 4.78 is 5.40. The van der Waals surface area contributed by atoms with Crippen molar-refractivity contribution in [2.45, 2.75) is 39.8 Å². The number of ether oxygens (including phenoxy) is 1. The number of carbonyl (C=O) groups excluding carboxylic acids is 2. The van der Waals surface area contributed by atoms with Crippen molar-refractivity contribution in [2.75, 3.05) is 0 Å². The maximum Gasteiger partial charge on any atom is 0.328 e. The van der Waals surface area contributed by atoms with Gasteiger partial charge in [-0.3, -0.25) is 4.79 Å². The van der Waals surface area contributed by atoms with E-state index in [1.54, 1.807) is 30.3 Å². The van der Waals surface area contributed by atoms with Crippen LogP contribution in [0.25, 0.3) is 0 Å². The highest BCUT2D eigenvalue weighted by atomic mass is 35.5. The summed E-state index contributed by atoms with van der Waals surface area (Å²) in [5, 5.41) is 3.65. The molecule has 6 heteroatoms. The van der Waals surface area contributed by atoms with Crippen molar-refractivity contribution in [3.05, 3.63) is 69.2 Å². The number of carbonyl (C=O) groups is 2. The first-order valence-corrected chi connectivity index (χ1v) is 9.51. The van der Waals surface area contributed by atoms with Crippen molar-refractivity contribution in [1.29, 1.82) is 0 Å². The summed E-state index contributed by atoms with van der Waals surface area (Å²) in [5.41, 5.74) is 1.92. The van der Waals surface area contributed by atoms with Crippen LogP contribution in [0.1, 0.15) is 41.8 Å². The second-order valence-corrected chi connectivity index (χ2v) is 7.59. The van der Waals surface area contributed by atoms with Gasteiger partial charge in [0.05, 0.1) is 0 Å². The van der Waals surface area contributed by atoms with E-state index in [-0.39, 0.29) is 18.4 Å². The highest BCUT2D eigenvalue weighted by molar-refractivity contribution is 6.35. The number of hydrogen-bond acceptors (Lipinski definition) is 3. The van der Waals surface area contributed by atoms with Crippen molar-refractivity contribution in [2.24, 2.45) is 5.92 Å². The molecule has 1 atom stereocenters. The van der Waals surface area contributed by atoms with Crippen LogP contribution in [0.4, 0.5) is 0 Å². The molecule has 0 aliphatic rings. The Morgan fingerprint density at radius 3 is 2.26 bits per heavy atom. The van der Waals surface area contributed by atoms with Gasteiger partial charge in [0.1, 0.15) is 12.6 Å². The SMILES string of the molecule is Cc1ccccc1C(=O)NC(CC(C)C)C(=O)OCc1c(Cl)cccc1Cl. The number of benzene rings is 2. The van der Waals surface area contributed by atoms with Crippen LogP contribution in [0, 0.1) is 12.8 Å². The first-order valence-electron chi connectivity index (χ1n) is 8.75. The molecule has 2 aromatic carbocycles. The van der Waals surface area contributed by atoms with E-state index in [2.05, 4.69) is 5.32 Å². The number of nitrogens with one attached hydrogen (secondary N) is 1. The molecule has 0 aliphatic carbocycles. The Hall–Kier alpha value is -2.04. The van der Waals surface area contributed by atoms with Gasteiger partial charge in [0.25, 0.3) is 5.91 Å². The molecule has 0 radical (unpaired) electrons. The Morgan fingerprint density at radius 1 is 1.04 bits per heavy atom. The number of hydrogen-bond donors (Lipinski definition) is 1. The zero-order chi connectivity index (χ0) is 20.0. The van der Waals surface area contributed by atoms with E-state index < -0.39 is 12.0 Å². The molecule has 0 fully saturated rings. The largest absolute Gasteiger partial charge is 0.459 e. The summed E-state index contributed by atoms with van der Waals surface area (Å²) in [4.78, 5) is 25.2. The fourth-order valence-electron chi connectivity index (χ4n) is 2.66. The van der Waals surface area contributed by atoms with Gasteiger partial charge >= 0.3 is 5.97 Å². The number of rotatable bonds is 7. The maximum atomic E-state index is 12.6. The van der Waals surface area contributed by atoms with Crippen LogP contribution in [0.5, 0.6) is 0 Å². The van der Waals surface area contributed by atoms with Crippen LogP contribution in [0.15, 0.2) is 42.5 Å². The number of halogens is 2. The minimum Gasteiger partial charge on any atom is -0.459 e. The molecule has 4 nitrogen and oxygen atoms in total. The van der Waals surface area contributed by atoms with E-state index in [1.807, 2.05) is 32.9 Å². The molecular weight excluding hydrogens is 385 g/mol. The lowest BCUT2D eigenvalue weighted by atomic mass is 10.0. The molecule has 0 aromatic heterocycles. The van der Waals surface area contributed by atoms with E-state index in [4.69, 9.17) is 27.9 Å². The average Bonchev–Trinajstić information content (AvgIpc) is 2.60. The summed E-state index contributed by atoms with van der Waals surface area (Å²) in [6, 6.07) is 11.6. The lowest BCUT2D eigenvalue weighted by molar-refractivity contribution is -0.147. The van der Waals surface area contributed by atoms with Crippen LogP contribution in [0.3, 0.4) is 0 Å². The number of aryl methyl sites for hydroxylation is 1. The van der Waals surface area contributed by atoms with Gasteiger partial charge in [0.2, 0.25) is 0 Å². The monoisotopic (exact) mass is 407 g/mol. The topological polar surface area (TPSA) is 55.4 Å². The highest BCUT2D eigenvalue weighted by Gasteiger charge is 2.25. The van der Waals surface area contributed by atoms with Gasteiger partial charge < -0.3 is 10.1 Å². The van der Waals surface area contributed by atoms with Gasteiger partial charge in [-0.2, -0.15) is 0 Å². The predicted octanol–water partition coefficient (Wildman–Crippen LogP) is 5.19. The molecule has 1 unspecified atom stereocenters. The standard InChI is InChI=1S/C21H23Cl2NO3/c1-13(2)11-19(24-20(25)15-8-5-4-7-14(15)3)21(26)27-12-16-17(22)9-6-10-18(16)23/h4-10,13,19H,11-12H2,1-3H3,(H,24,25). The minimum absolute atomic E-state index is 0.0494. The first-order chi connectivity index (χ1) is 12.8. The number of amides is 1. The molecule has 0 aliphatic heterocycles. The van der Waals surface area contributed by atoms with Gasteiger partial charge in [-0.25, -0.2) is 4.79 Å². The van der Waals surface area contributed by atoms with Crippen molar-refractivity contribution in [3.8, 4) is 0 Å². The molecule has 1 amide bonds. The van der Waals surface area contributed by atoms with Crippen LogP contribution in [0.2, 0.25) is 10.0 Å². The highest BCUT2D eigenvalue weighted by Crippen LogP contribution is 2.25. The molecule has 144 valence electrons. The van der Waals surface area contributed by atoms with Crippen LogP contribution in [-0.4, -0.2) is 17.9 Å². The van der Waals surface area contributed by atoms with Gasteiger partial charge in [0.15, 0.2) is 0 Å². The predicted molar refractivity (Wildman–Crippen MR) is 108 cm³/mol. The van der Waals surface area contributed by atoms with E-state index in [9.17, 15) is 9.59 Å². The van der Waals surface area contributed by atoms with Crippen molar-refractivity contribution >= 4 is 35.1 Å². The van der Waals surface area contributed by atoms with Crippen LogP contribution < -0.4 is 5.32 Å². The lowest BCUT2D eigenvalue weighted by Gasteiger charge is -2.20. The van der Waals surface area contributed by atoms with Gasteiger partial charge in [0, 0.05) is 21.2 Å². The van der Waals surface area contributed by atoms with E-state index in [0.717, 1.165) is 5.56 Å². The molecule has 0 saturated carbocycles. The lowest BCUT2D eigenvalue weighted by Crippen LogP contribution is -2.42. The van der Waals surface area contributed by atoms with Crippen molar-refractivity contribution in [1.82, 2.24) is 5.32 Å². The summed E-state index contributed by atoms with van der Waals surface area (Å²) in [5.74, 6) is -0.614. The molecule has 0 saturated heterocycles. The van der Waals surface area contributed by atoms with Gasteiger partial charge in [-0.1, -0.05) is 61.3 Å². The normalized spacial score (nSPS) is 11.9. The fourth-order valence-corrected chi connectivity index (χ4v) is 3.17. The molecule has 0 heterocycles. The Labute approximate surface area is 169 Å². The van der Waals surface area contributed by atoms with Gasteiger partial charge in [-0.15, -0.1) is 0 Å². The summed E-state index contributed by atoms with van der Waals surface area (Å²) in [6.45, 7) is 5.76. The molecule has 1 N–H and O–H groups in total. The van der Waals surface area contributed by atoms with Crippen LogP contribution >= 0.6 is 23.2 Å². The quantitative estimate of drug-likeness (QED) is 0.642. The Morgan fingerprint density at radius 2 is 1.67 bits per heavy atom. The smallest absolute Gasteiger partial charge is 0.328 e. The second kappa shape index (κ2) is 9.77. The molecule has 0 spiro atoms. The third-order valence-corrected chi connectivity index (χ3v) is 4.82. The fraction of sp³-hybridized carbons (Fsp3) is 0.333. The third kappa shape index (κ3) is 5.98.